The molecule has 1 aromatic heterocycles. The van der Waals surface area contributed by atoms with Gasteiger partial charge in [-0.25, -0.2) is 0 Å². The van der Waals surface area contributed by atoms with E-state index in [4.69, 9.17) is 11.6 Å². The molecular weight excluding hydrogens is 282 g/mol. The quantitative estimate of drug-likeness (QED) is 0.870. The van der Waals surface area contributed by atoms with E-state index in [2.05, 4.69) is 24.4 Å². The molecule has 2 aliphatic rings. The lowest BCUT2D eigenvalue weighted by Crippen LogP contribution is -2.32. The largest absolute Gasteiger partial charge is 0.317 e. The second kappa shape index (κ2) is 6.29. The van der Waals surface area contributed by atoms with Crippen LogP contribution in [-0.4, -0.2) is 22.9 Å². The van der Waals surface area contributed by atoms with Crippen LogP contribution < -0.4 is 5.32 Å². The summed E-state index contributed by atoms with van der Waals surface area (Å²) >= 11 is 6.50. The molecule has 3 rings (SSSR count). The Hall–Kier alpha value is -0.540. The van der Waals surface area contributed by atoms with Crippen molar-refractivity contribution in [2.24, 2.45) is 24.8 Å². The first-order valence-corrected chi connectivity index (χ1v) is 8.87. The number of fused-ring (bicyclic) bond motifs is 2. The Morgan fingerprint density at radius 3 is 2.71 bits per heavy atom. The summed E-state index contributed by atoms with van der Waals surface area (Å²) in [5.74, 6) is 2.96. The maximum atomic E-state index is 6.50. The van der Waals surface area contributed by atoms with Gasteiger partial charge in [0.15, 0.2) is 0 Å². The van der Waals surface area contributed by atoms with Crippen LogP contribution in [0.25, 0.3) is 0 Å². The maximum Gasteiger partial charge on any atom is 0.0850 e. The summed E-state index contributed by atoms with van der Waals surface area (Å²) in [6.07, 6.45) is 9.10. The van der Waals surface area contributed by atoms with E-state index in [9.17, 15) is 0 Å². The van der Waals surface area contributed by atoms with Crippen molar-refractivity contribution in [3.8, 4) is 0 Å². The minimum absolute atomic E-state index is 0.520. The number of aryl methyl sites for hydroxylation is 2. The summed E-state index contributed by atoms with van der Waals surface area (Å²) in [5.41, 5.74) is 2.22. The summed E-state index contributed by atoms with van der Waals surface area (Å²) < 4.78 is 1.98. The molecule has 2 saturated carbocycles. The van der Waals surface area contributed by atoms with E-state index in [-0.39, 0.29) is 0 Å². The maximum absolute atomic E-state index is 6.50. The van der Waals surface area contributed by atoms with Crippen molar-refractivity contribution in [1.29, 1.82) is 0 Å². The third-order valence-electron chi connectivity index (χ3n) is 5.82. The zero-order valence-corrected chi connectivity index (χ0v) is 14.3. The summed E-state index contributed by atoms with van der Waals surface area (Å²) in [6.45, 7) is 2.11. The molecule has 0 aliphatic heterocycles. The molecule has 1 N–H and O–H groups in total. The first kappa shape index (κ1) is 15.4. The van der Waals surface area contributed by atoms with E-state index >= 15 is 0 Å². The molecule has 1 heterocycles. The molecule has 2 aliphatic carbocycles. The van der Waals surface area contributed by atoms with Gasteiger partial charge in [-0.2, -0.15) is 5.10 Å². The summed E-state index contributed by atoms with van der Waals surface area (Å²) in [6, 6.07) is 0.520. The third kappa shape index (κ3) is 3.00. The molecule has 0 radical (unpaired) electrons. The molecule has 2 fully saturated rings. The highest BCUT2D eigenvalue weighted by Gasteiger charge is 2.40. The Morgan fingerprint density at radius 1 is 1.38 bits per heavy atom. The zero-order chi connectivity index (χ0) is 15.0. The lowest BCUT2D eigenvalue weighted by atomic mass is 9.83. The second-order valence-corrected chi connectivity index (χ2v) is 7.42. The van der Waals surface area contributed by atoms with Crippen molar-refractivity contribution < 1.29 is 0 Å². The van der Waals surface area contributed by atoms with Gasteiger partial charge < -0.3 is 5.32 Å². The van der Waals surface area contributed by atoms with E-state index < -0.39 is 0 Å². The number of likely N-dealkylation sites (N-methyl/N-ethyl adjacent to an activating group) is 1. The van der Waals surface area contributed by atoms with Crippen molar-refractivity contribution in [3.63, 3.8) is 0 Å². The van der Waals surface area contributed by atoms with Crippen LogP contribution >= 0.6 is 11.6 Å². The van der Waals surface area contributed by atoms with Gasteiger partial charge in [0, 0.05) is 19.5 Å². The number of hydrogen-bond donors (Lipinski definition) is 1. The molecular formula is C17H28ClN3. The van der Waals surface area contributed by atoms with Gasteiger partial charge in [-0.1, -0.05) is 24.9 Å². The first-order valence-electron chi connectivity index (χ1n) is 8.49. The second-order valence-electron chi connectivity index (χ2n) is 7.04. The lowest BCUT2D eigenvalue weighted by molar-refractivity contribution is 0.280. The van der Waals surface area contributed by atoms with Gasteiger partial charge in [0.1, 0.15) is 0 Å². The molecule has 2 bridgehead atoms. The van der Waals surface area contributed by atoms with E-state index in [0.717, 1.165) is 41.3 Å². The molecule has 21 heavy (non-hydrogen) atoms. The zero-order valence-electron chi connectivity index (χ0n) is 13.5. The van der Waals surface area contributed by atoms with Crippen molar-refractivity contribution >= 4 is 11.6 Å². The third-order valence-corrected chi connectivity index (χ3v) is 6.26. The molecule has 4 unspecified atom stereocenters. The Balaban J connectivity index is 1.66. The number of aromatic nitrogens is 2. The van der Waals surface area contributed by atoms with Crippen molar-refractivity contribution in [3.05, 3.63) is 16.4 Å². The minimum atomic E-state index is 0.520. The molecule has 0 amide bonds. The van der Waals surface area contributed by atoms with Gasteiger partial charge in [0.05, 0.1) is 16.4 Å². The molecule has 1 aromatic rings. The van der Waals surface area contributed by atoms with Crippen LogP contribution in [0.1, 0.15) is 50.4 Å². The number of nitrogens with zero attached hydrogens (tertiary/aromatic N) is 2. The number of halogens is 1. The fourth-order valence-electron chi connectivity index (χ4n) is 4.61. The van der Waals surface area contributed by atoms with E-state index in [1.807, 2.05) is 11.7 Å². The van der Waals surface area contributed by atoms with Gasteiger partial charge in [0.2, 0.25) is 0 Å². The monoisotopic (exact) mass is 309 g/mol. The summed E-state index contributed by atoms with van der Waals surface area (Å²) in [5, 5.41) is 8.94. The molecule has 0 saturated heterocycles. The van der Waals surface area contributed by atoms with Crippen LogP contribution in [-0.2, 0) is 19.9 Å². The standard InChI is InChI=1S/C17H28ClN3/c1-4-15-17(18)16(21(3)20-15)10-14(19-2)9-13-8-11-5-6-12(13)7-11/h11-14,19H,4-10H2,1-3H3. The van der Waals surface area contributed by atoms with Crippen molar-refractivity contribution in [2.45, 2.75) is 57.9 Å². The van der Waals surface area contributed by atoms with Gasteiger partial charge in [-0.3, -0.25) is 4.68 Å². The summed E-state index contributed by atoms with van der Waals surface area (Å²) in [7, 11) is 4.10. The predicted molar refractivity (Wildman–Crippen MR) is 87.7 cm³/mol. The predicted octanol–water partition coefficient (Wildman–Crippen LogP) is 3.59. The number of nitrogens with one attached hydrogen (secondary N) is 1. The van der Waals surface area contributed by atoms with E-state index in [1.165, 1.54) is 37.8 Å². The van der Waals surface area contributed by atoms with Crippen molar-refractivity contribution in [2.75, 3.05) is 7.05 Å². The molecule has 0 aromatic carbocycles. The van der Waals surface area contributed by atoms with Crippen LogP contribution in [0.15, 0.2) is 0 Å². The van der Waals surface area contributed by atoms with Gasteiger partial charge in [-0.15, -0.1) is 0 Å². The first-order chi connectivity index (χ1) is 10.1. The fraction of sp³-hybridized carbons (Fsp3) is 0.824. The highest BCUT2D eigenvalue weighted by molar-refractivity contribution is 6.31. The average Bonchev–Trinajstić information content (AvgIpc) is 3.16. The van der Waals surface area contributed by atoms with Crippen molar-refractivity contribution in [1.82, 2.24) is 15.1 Å². The Bertz CT molecular complexity index is 496. The lowest BCUT2D eigenvalue weighted by Gasteiger charge is -2.26. The molecule has 4 atom stereocenters. The van der Waals surface area contributed by atoms with Gasteiger partial charge >= 0.3 is 0 Å². The Kier molecular flexibility index (Phi) is 4.60. The van der Waals surface area contributed by atoms with Crippen LogP contribution in [0.4, 0.5) is 0 Å². The molecule has 3 nitrogen and oxygen atoms in total. The average molecular weight is 310 g/mol. The van der Waals surface area contributed by atoms with E-state index in [0.29, 0.717) is 6.04 Å². The van der Waals surface area contributed by atoms with Crippen LogP contribution in [0.2, 0.25) is 5.02 Å². The molecule has 0 spiro atoms. The number of hydrogen-bond acceptors (Lipinski definition) is 2. The smallest absolute Gasteiger partial charge is 0.0850 e. The minimum Gasteiger partial charge on any atom is -0.317 e. The number of rotatable bonds is 6. The topological polar surface area (TPSA) is 29.9 Å². The Labute approximate surface area is 133 Å². The normalized spacial score (nSPS) is 29.2. The highest BCUT2D eigenvalue weighted by atomic mass is 35.5. The molecule has 4 heteroatoms. The van der Waals surface area contributed by atoms with Gasteiger partial charge in [-0.05, 0) is 56.9 Å². The van der Waals surface area contributed by atoms with Crippen LogP contribution in [0, 0.1) is 17.8 Å². The fourth-order valence-corrected chi connectivity index (χ4v) is 4.98. The van der Waals surface area contributed by atoms with E-state index in [1.54, 1.807) is 0 Å². The SMILES string of the molecule is CCc1nn(C)c(CC(CC2CC3CCC2C3)NC)c1Cl. The Morgan fingerprint density at radius 2 is 2.19 bits per heavy atom. The molecule has 118 valence electrons. The summed E-state index contributed by atoms with van der Waals surface area (Å²) in [4.78, 5) is 0. The van der Waals surface area contributed by atoms with Crippen LogP contribution in [0.3, 0.4) is 0 Å². The van der Waals surface area contributed by atoms with Crippen LogP contribution in [0.5, 0.6) is 0 Å². The highest BCUT2D eigenvalue weighted by Crippen LogP contribution is 2.50. The van der Waals surface area contributed by atoms with Gasteiger partial charge in [0.25, 0.3) is 0 Å².